The number of nitrogens with one attached hydrogen (secondary N) is 2. The SMILES string of the molecule is CCCN=C(N)NCCS(=O)(=O)NCC1CCC1.I. The first-order chi connectivity index (χ1) is 8.53. The predicted molar refractivity (Wildman–Crippen MR) is 89.3 cm³/mol. The van der Waals surface area contributed by atoms with Crippen molar-refractivity contribution in [3.63, 3.8) is 0 Å². The van der Waals surface area contributed by atoms with E-state index in [-0.39, 0.29) is 29.7 Å². The first-order valence-corrected chi connectivity index (χ1v) is 8.20. The average Bonchev–Trinajstić information content (AvgIpc) is 2.23. The molecule has 0 saturated heterocycles. The van der Waals surface area contributed by atoms with Crippen molar-refractivity contribution in [2.45, 2.75) is 32.6 Å². The molecule has 1 saturated carbocycles. The van der Waals surface area contributed by atoms with Crippen molar-refractivity contribution >= 4 is 40.0 Å². The van der Waals surface area contributed by atoms with Crippen molar-refractivity contribution in [1.29, 1.82) is 0 Å². The molecule has 19 heavy (non-hydrogen) atoms. The lowest BCUT2D eigenvalue weighted by atomic mass is 9.86. The fourth-order valence-corrected chi connectivity index (χ4v) is 2.62. The second kappa shape index (κ2) is 9.76. The number of nitrogens with two attached hydrogens (primary N) is 1. The van der Waals surface area contributed by atoms with Crippen LogP contribution in [0.2, 0.25) is 0 Å². The second-order valence-electron chi connectivity index (χ2n) is 4.66. The fraction of sp³-hybridized carbons (Fsp3) is 0.909. The summed E-state index contributed by atoms with van der Waals surface area (Å²) in [6, 6.07) is 0. The maximum absolute atomic E-state index is 11.6. The first kappa shape index (κ1) is 18.9. The quantitative estimate of drug-likeness (QED) is 0.314. The summed E-state index contributed by atoms with van der Waals surface area (Å²) in [4.78, 5) is 4.03. The lowest BCUT2D eigenvalue weighted by Crippen LogP contribution is -2.39. The highest BCUT2D eigenvalue weighted by Crippen LogP contribution is 2.25. The van der Waals surface area contributed by atoms with Crippen molar-refractivity contribution in [2.75, 3.05) is 25.4 Å². The second-order valence-corrected chi connectivity index (χ2v) is 6.58. The molecule has 4 N–H and O–H groups in total. The van der Waals surface area contributed by atoms with E-state index in [0.29, 0.717) is 31.5 Å². The summed E-state index contributed by atoms with van der Waals surface area (Å²) in [6.45, 7) is 3.53. The number of guanidine groups is 1. The highest BCUT2D eigenvalue weighted by molar-refractivity contribution is 14.0. The summed E-state index contributed by atoms with van der Waals surface area (Å²) in [7, 11) is -3.19. The Morgan fingerprint density at radius 3 is 2.63 bits per heavy atom. The minimum Gasteiger partial charge on any atom is -0.370 e. The Morgan fingerprint density at radius 2 is 2.11 bits per heavy atom. The summed E-state index contributed by atoms with van der Waals surface area (Å²) in [5, 5.41) is 2.80. The number of aliphatic imine (C=N–C) groups is 1. The van der Waals surface area contributed by atoms with Gasteiger partial charge < -0.3 is 11.1 Å². The van der Waals surface area contributed by atoms with Crippen LogP contribution in [0.1, 0.15) is 32.6 Å². The summed E-state index contributed by atoms with van der Waals surface area (Å²) >= 11 is 0. The number of rotatable bonds is 8. The molecule has 0 aromatic carbocycles. The van der Waals surface area contributed by atoms with Crippen LogP contribution in [0.25, 0.3) is 0 Å². The van der Waals surface area contributed by atoms with Crippen LogP contribution < -0.4 is 15.8 Å². The molecular formula is C11H25IN4O2S. The molecule has 0 bridgehead atoms. The zero-order valence-electron chi connectivity index (χ0n) is 11.4. The normalized spacial score (nSPS) is 16.6. The molecule has 0 spiro atoms. The molecule has 0 heterocycles. The Morgan fingerprint density at radius 1 is 1.42 bits per heavy atom. The molecule has 0 amide bonds. The van der Waals surface area contributed by atoms with Crippen molar-refractivity contribution in [2.24, 2.45) is 16.6 Å². The Bertz CT molecular complexity index is 369. The van der Waals surface area contributed by atoms with Gasteiger partial charge in [-0.15, -0.1) is 24.0 Å². The highest BCUT2D eigenvalue weighted by Gasteiger charge is 2.19. The van der Waals surface area contributed by atoms with Gasteiger partial charge in [0.25, 0.3) is 0 Å². The summed E-state index contributed by atoms with van der Waals surface area (Å²) < 4.78 is 25.9. The molecule has 1 rings (SSSR count). The number of hydrogen-bond donors (Lipinski definition) is 3. The molecule has 0 aromatic heterocycles. The standard InChI is InChI=1S/C11H24N4O2S.HI/c1-2-6-13-11(12)14-7-8-18(16,17)15-9-10-4-3-5-10;/h10,15H,2-9H2,1H3,(H3,12,13,14);1H. The first-order valence-electron chi connectivity index (χ1n) is 6.54. The van der Waals surface area contributed by atoms with Gasteiger partial charge in [-0.1, -0.05) is 13.3 Å². The zero-order valence-corrected chi connectivity index (χ0v) is 14.5. The largest absolute Gasteiger partial charge is 0.370 e. The van der Waals surface area contributed by atoms with Gasteiger partial charge in [0.1, 0.15) is 0 Å². The maximum atomic E-state index is 11.6. The Labute approximate surface area is 133 Å². The predicted octanol–water partition coefficient (Wildman–Crippen LogP) is 0.638. The van der Waals surface area contributed by atoms with Gasteiger partial charge in [0.05, 0.1) is 5.75 Å². The Hall–Kier alpha value is -0.0900. The van der Waals surface area contributed by atoms with Crippen LogP contribution in [0.4, 0.5) is 0 Å². The van der Waals surface area contributed by atoms with Crippen molar-refractivity contribution < 1.29 is 8.42 Å². The Balaban J connectivity index is 0.00000324. The number of sulfonamides is 1. The van der Waals surface area contributed by atoms with E-state index in [2.05, 4.69) is 15.0 Å². The third-order valence-electron chi connectivity index (χ3n) is 3.00. The molecule has 114 valence electrons. The van der Waals surface area contributed by atoms with Gasteiger partial charge in [0.15, 0.2) is 5.96 Å². The monoisotopic (exact) mass is 404 g/mol. The van der Waals surface area contributed by atoms with Gasteiger partial charge in [-0.25, -0.2) is 13.1 Å². The molecule has 1 aliphatic rings. The van der Waals surface area contributed by atoms with Gasteiger partial charge in [0.2, 0.25) is 10.0 Å². The summed E-state index contributed by atoms with van der Waals surface area (Å²) in [6.07, 6.45) is 4.41. The van der Waals surface area contributed by atoms with Crippen LogP contribution in [-0.4, -0.2) is 39.8 Å². The van der Waals surface area contributed by atoms with Gasteiger partial charge >= 0.3 is 0 Å². The summed E-state index contributed by atoms with van der Waals surface area (Å²) in [5.74, 6) is 0.872. The molecule has 0 aliphatic heterocycles. The third-order valence-corrected chi connectivity index (χ3v) is 4.35. The molecule has 0 atom stereocenters. The van der Waals surface area contributed by atoms with Crippen LogP contribution in [0, 0.1) is 5.92 Å². The lowest BCUT2D eigenvalue weighted by Gasteiger charge is -2.25. The van der Waals surface area contributed by atoms with E-state index >= 15 is 0 Å². The Kier molecular flexibility index (Phi) is 9.71. The van der Waals surface area contributed by atoms with Crippen LogP contribution in [0.5, 0.6) is 0 Å². The minimum absolute atomic E-state index is 0. The molecule has 0 aromatic rings. The van der Waals surface area contributed by atoms with Crippen LogP contribution in [0.15, 0.2) is 4.99 Å². The minimum atomic E-state index is -3.19. The zero-order chi connectivity index (χ0) is 13.4. The number of hydrogen-bond acceptors (Lipinski definition) is 3. The van der Waals surface area contributed by atoms with Gasteiger partial charge in [-0.05, 0) is 25.2 Å². The molecule has 1 aliphatic carbocycles. The van der Waals surface area contributed by atoms with Crippen LogP contribution in [-0.2, 0) is 10.0 Å². The maximum Gasteiger partial charge on any atom is 0.213 e. The molecule has 1 fully saturated rings. The lowest BCUT2D eigenvalue weighted by molar-refractivity contribution is 0.316. The topological polar surface area (TPSA) is 96.6 Å². The van der Waals surface area contributed by atoms with E-state index in [4.69, 9.17) is 5.73 Å². The smallest absolute Gasteiger partial charge is 0.213 e. The van der Waals surface area contributed by atoms with Crippen molar-refractivity contribution in [3.8, 4) is 0 Å². The third kappa shape index (κ3) is 8.64. The van der Waals surface area contributed by atoms with Crippen LogP contribution in [0.3, 0.4) is 0 Å². The van der Waals surface area contributed by atoms with E-state index in [1.165, 1.54) is 6.42 Å². The highest BCUT2D eigenvalue weighted by atomic mass is 127. The van der Waals surface area contributed by atoms with Crippen molar-refractivity contribution in [1.82, 2.24) is 10.0 Å². The van der Waals surface area contributed by atoms with E-state index in [9.17, 15) is 8.42 Å². The van der Waals surface area contributed by atoms with E-state index in [1.807, 2.05) is 6.92 Å². The summed E-state index contributed by atoms with van der Waals surface area (Å²) in [5.41, 5.74) is 5.57. The molecule has 8 heteroatoms. The molecular weight excluding hydrogens is 379 g/mol. The molecule has 6 nitrogen and oxygen atoms in total. The van der Waals surface area contributed by atoms with E-state index < -0.39 is 10.0 Å². The molecule has 0 unspecified atom stereocenters. The van der Waals surface area contributed by atoms with Crippen molar-refractivity contribution in [3.05, 3.63) is 0 Å². The van der Waals surface area contributed by atoms with E-state index in [1.54, 1.807) is 0 Å². The van der Waals surface area contributed by atoms with Gasteiger partial charge in [-0.3, -0.25) is 4.99 Å². The molecule has 0 radical (unpaired) electrons. The average molecular weight is 404 g/mol. The van der Waals surface area contributed by atoms with Crippen LogP contribution >= 0.6 is 24.0 Å². The van der Waals surface area contributed by atoms with Gasteiger partial charge in [0, 0.05) is 19.6 Å². The van der Waals surface area contributed by atoms with E-state index in [0.717, 1.165) is 19.3 Å². The fourth-order valence-electron chi connectivity index (χ4n) is 1.62. The van der Waals surface area contributed by atoms with Gasteiger partial charge in [-0.2, -0.15) is 0 Å². The number of nitrogens with zero attached hydrogens (tertiary/aromatic N) is 1. The number of halogens is 1.